The average molecular weight is 386 g/mol. The summed E-state index contributed by atoms with van der Waals surface area (Å²) in [6, 6.07) is 18.3. The van der Waals surface area contributed by atoms with Crippen LogP contribution in [0.1, 0.15) is 10.4 Å². The lowest BCUT2D eigenvalue weighted by Gasteiger charge is -2.08. The van der Waals surface area contributed by atoms with Crippen LogP contribution in [0.2, 0.25) is 0 Å². The molecule has 0 saturated carbocycles. The van der Waals surface area contributed by atoms with Crippen molar-refractivity contribution < 1.29 is 9.90 Å². The first-order chi connectivity index (χ1) is 14.3. The van der Waals surface area contributed by atoms with E-state index in [-0.39, 0.29) is 12.5 Å². The summed E-state index contributed by atoms with van der Waals surface area (Å²) in [6.07, 6.45) is 0. The van der Waals surface area contributed by atoms with Crippen molar-refractivity contribution in [2.45, 2.75) is 0 Å². The molecule has 0 aliphatic heterocycles. The van der Waals surface area contributed by atoms with Crippen LogP contribution in [0.4, 0.5) is 0 Å². The van der Waals surface area contributed by atoms with Gasteiger partial charge in [0, 0.05) is 52.2 Å². The summed E-state index contributed by atoms with van der Waals surface area (Å²) in [5.41, 5.74) is 4.58. The smallest absolute Gasteiger partial charge is 0.253 e. The van der Waals surface area contributed by atoms with E-state index in [4.69, 9.17) is 5.11 Å². The van der Waals surface area contributed by atoms with E-state index in [2.05, 4.69) is 38.8 Å². The van der Waals surface area contributed by atoms with E-state index in [1.54, 1.807) is 0 Å². The molecule has 0 unspecified atom stereocenters. The van der Waals surface area contributed by atoms with Crippen LogP contribution in [-0.4, -0.2) is 47.2 Å². The number of aromatic amines is 2. The lowest BCUT2D eigenvalue weighted by Crippen LogP contribution is -2.33. The summed E-state index contributed by atoms with van der Waals surface area (Å²) in [6.45, 7) is 1.70. The number of para-hydroxylation sites is 2. The van der Waals surface area contributed by atoms with Crippen molar-refractivity contribution in [2.24, 2.45) is 0 Å². The van der Waals surface area contributed by atoms with Gasteiger partial charge in [-0.3, -0.25) is 4.79 Å². The number of hydrogen-bond donors (Lipinski definition) is 5. The van der Waals surface area contributed by atoms with Crippen molar-refractivity contribution in [3.05, 3.63) is 60.2 Å². The van der Waals surface area contributed by atoms with Crippen LogP contribution in [0.25, 0.3) is 43.6 Å². The number of carbonyl (C=O) groups excluding carboxylic acids is 1. The Labute approximate surface area is 166 Å². The van der Waals surface area contributed by atoms with Gasteiger partial charge in [0.15, 0.2) is 0 Å². The second kappa shape index (κ2) is 7.24. The molecule has 146 valence electrons. The Morgan fingerprint density at radius 1 is 0.828 bits per heavy atom. The van der Waals surface area contributed by atoms with Crippen LogP contribution < -0.4 is 10.6 Å². The van der Waals surface area contributed by atoms with E-state index >= 15 is 0 Å². The number of hydrogen-bond acceptors (Lipinski definition) is 3. The molecular formula is C23H22N4O2. The van der Waals surface area contributed by atoms with Gasteiger partial charge < -0.3 is 25.7 Å². The number of carbonyl (C=O) groups is 1. The van der Waals surface area contributed by atoms with Gasteiger partial charge in [-0.05, 0) is 18.2 Å². The number of nitrogens with one attached hydrogen (secondary N) is 4. The molecule has 0 aliphatic rings. The Morgan fingerprint density at radius 3 is 2.31 bits per heavy atom. The van der Waals surface area contributed by atoms with E-state index in [0.717, 1.165) is 43.6 Å². The minimum Gasteiger partial charge on any atom is -0.395 e. The number of aliphatic hydroxyl groups excluding tert-OH is 1. The van der Waals surface area contributed by atoms with Crippen molar-refractivity contribution >= 4 is 49.5 Å². The molecule has 6 heteroatoms. The van der Waals surface area contributed by atoms with Crippen molar-refractivity contribution in [1.29, 1.82) is 0 Å². The normalized spacial score (nSPS) is 11.8. The first-order valence-electron chi connectivity index (χ1n) is 9.81. The topological polar surface area (TPSA) is 92.9 Å². The largest absolute Gasteiger partial charge is 0.395 e. The zero-order valence-electron chi connectivity index (χ0n) is 15.9. The highest BCUT2D eigenvalue weighted by atomic mass is 16.3. The van der Waals surface area contributed by atoms with Gasteiger partial charge in [-0.25, -0.2) is 0 Å². The molecule has 2 aromatic heterocycles. The fourth-order valence-corrected chi connectivity index (χ4v) is 4.07. The molecule has 5 N–H and O–H groups in total. The summed E-state index contributed by atoms with van der Waals surface area (Å²) in [5, 5.41) is 19.2. The van der Waals surface area contributed by atoms with Gasteiger partial charge in [-0.15, -0.1) is 0 Å². The van der Waals surface area contributed by atoms with Gasteiger partial charge >= 0.3 is 0 Å². The van der Waals surface area contributed by atoms with Crippen LogP contribution in [0.5, 0.6) is 0 Å². The van der Waals surface area contributed by atoms with Gasteiger partial charge in [-0.2, -0.15) is 0 Å². The molecule has 0 atom stereocenters. The minimum absolute atomic E-state index is 0.0842. The average Bonchev–Trinajstić information content (AvgIpc) is 3.31. The summed E-state index contributed by atoms with van der Waals surface area (Å²) >= 11 is 0. The number of rotatable bonds is 6. The van der Waals surface area contributed by atoms with Gasteiger partial charge in [0.1, 0.15) is 0 Å². The maximum Gasteiger partial charge on any atom is 0.253 e. The maximum atomic E-state index is 13.1. The van der Waals surface area contributed by atoms with E-state index in [9.17, 15) is 4.79 Å². The maximum absolute atomic E-state index is 13.1. The summed E-state index contributed by atoms with van der Waals surface area (Å²) in [5.74, 6) is -0.112. The first kappa shape index (κ1) is 17.7. The van der Waals surface area contributed by atoms with Crippen molar-refractivity contribution in [1.82, 2.24) is 20.6 Å². The summed E-state index contributed by atoms with van der Waals surface area (Å²) in [4.78, 5) is 20.0. The lowest BCUT2D eigenvalue weighted by atomic mass is 10.0. The first-order valence-corrected chi connectivity index (χ1v) is 9.81. The van der Waals surface area contributed by atoms with Crippen LogP contribution in [0.15, 0.2) is 54.6 Å². The Kier molecular flexibility index (Phi) is 4.42. The fraction of sp³-hybridized carbons (Fsp3) is 0.174. The molecule has 3 aromatic carbocycles. The SMILES string of the molecule is O=C(NCCNCCO)c1cc2c3ccccc3[nH]c2c2c1[nH]c1ccccc12. The van der Waals surface area contributed by atoms with Gasteiger partial charge in [0.25, 0.3) is 5.91 Å². The molecule has 2 heterocycles. The molecule has 0 bridgehead atoms. The number of H-pyrrole nitrogens is 2. The van der Waals surface area contributed by atoms with Crippen molar-refractivity contribution in [2.75, 3.05) is 26.2 Å². The minimum atomic E-state index is -0.112. The van der Waals surface area contributed by atoms with Crippen LogP contribution >= 0.6 is 0 Å². The molecule has 5 rings (SSSR count). The van der Waals surface area contributed by atoms with E-state index < -0.39 is 0 Å². The Balaban J connectivity index is 1.69. The molecule has 0 saturated heterocycles. The lowest BCUT2D eigenvalue weighted by molar-refractivity contribution is 0.0955. The van der Waals surface area contributed by atoms with Crippen molar-refractivity contribution in [3.63, 3.8) is 0 Å². The molecule has 0 aliphatic carbocycles. The van der Waals surface area contributed by atoms with E-state index in [1.807, 2.05) is 36.4 Å². The third kappa shape index (κ3) is 2.93. The number of aliphatic hydroxyl groups is 1. The summed E-state index contributed by atoms with van der Waals surface area (Å²) < 4.78 is 0. The second-order valence-electron chi connectivity index (χ2n) is 7.17. The molecule has 0 fully saturated rings. The molecule has 0 spiro atoms. The van der Waals surface area contributed by atoms with Crippen LogP contribution in [0, 0.1) is 0 Å². The number of aromatic nitrogens is 2. The predicted molar refractivity (Wildman–Crippen MR) is 117 cm³/mol. The standard InChI is InChI=1S/C23H22N4O2/c28-12-11-24-9-10-25-23(29)17-13-16-14-5-1-3-7-18(14)26-21(16)20-15-6-2-4-8-19(15)27-22(17)20/h1-8,13,24,26-28H,9-12H2,(H,25,29). The molecule has 0 radical (unpaired) electrons. The molecule has 1 amide bonds. The fourth-order valence-electron chi connectivity index (χ4n) is 4.07. The van der Waals surface area contributed by atoms with Gasteiger partial charge in [0.05, 0.1) is 23.2 Å². The zero-order valence-corrected chi connectivity index (χ0v) is 15.9. The Morgan fingerprint density at radius 2 is 1.52 bits per heavy atom. The third-order valence-electron chi connectivity index (χ3n) is 5.38. The Hall–Kier alpha value is -3.35. The zero-order chi connectivity index (χ0) is 19.8. The van der Waals surface area contributed by atoms with E-state index in [0.29, 0.717) is 25.2 Å². The number of amides is 1. The number of fused-ring (bicyclic) bond motifs is 7. The highest BCUT2D eigenvalue weighted by Gasteiger charge is 2.19. The molecule has 5 aromatic rings. The third-order valence-corrected chi connectivity index (χ3v) is 5.38. The quantitative estimate of drug-likeness (QED) is 0.290. The highest BCUT2D eigenvalue weighted by molar-refractivity contribution is 6.28. The van der Waals surface area contributed by atoms with Gasteiger partial charge in [0.2, 0.25) is 0 Å². The summed E-state index contributed by atoms with van der Waals surface area (Å²) in [7, 11) is 0. The van der Waals surface area contributed by atoms with Gasteiger partial charge in [-0.1, -0.05) is 36.4 Å². The van der Waals surface area contributed by atoms with Crippen LogP contribution in [-0.2, 0) is 0 Å². The van der Waals surface area contributed by atoms with E-state index in [1.165, 1.54) is 0 Å². The highest BCUT2D eigenvalue weighted by Crippen LogP contribution is 2.37. The monoisotopic (exact) mass is 386 g/mol. The predicted octanol–water partition coefficient (Wildman–Crippen LogP) is 3.27. The van der Waals surface area contributed by atoms with Crippen LogP contribution in [0.3, 0.4) is 0 Å². The van der Waals surface area contributed by atoms with Crippen molar-refractivity contribution in [3.8, 4) is 0 Å². The number of benzene rings is 3. The second-order valence-corrected chi connectivity index (χ2v) is 7.17. The molecule has 29 heavy (non-hydrogen) atoms. The molecule has 6 nitrogen and oxygen atoms in total. The Bertz CT molecular complexity index is 1350. The molecular weight excluding hydrogens is 364 g/mol.